The molecule has 144 valence electrons. The van der Waals surface area contributed by atoms with E-state index in [2.05, 4.69) is 19.9 Å². The minimum atomic E-state index is -4.68. The van der Waals surface area contributed by atoms with Crippen molar-refractivity contribution < 1.29 is 26.0 Å². The molecule has 0 unspecified atom stereocenters. The van der Waals surface area contributed by atoms with E-state index in [1.807, 2.05) is 0 Å². The fourth-order valence-corrected chi connectivity index (χ4v) is 3.75. The number of nitrogens with zero attached hydrogens (tertiary/aromatic N) is 2. The van der Waals surface area contributed by atoms with Crippen molar-refractivity contribution in [2.24, 2.45) is 0 Å². The molecule has 0 amide bonds. The van der Waals surface area contributed by atoms with E-state index in [1.54, 1.807) is 12.1 Å². The molecule has 2 aromatic heterocycles. The lowest BCUT2D eigenvalue weighted by molar-refractivity contribution is -0.137. The highest BCUT2D eigenvalue weighted by Gasteiger charge is 2.32. The van der Waals surface area contributed by atoms with Gasteiger partial charge in [0, 0.05) is 13.0 Å². The van der Waals surface area contributed by atoms with Gasteiger partial charge in [0.05, 0.1) is 16.8 Å². The lowest BCUT2D eigenvalue weighted by Crippen LogP contribution is -2.27. The Morgan fingerprint density at radius 3 is 2.70 bits per heavy atom. The molecule has 0 aliphatic carbocycles. The van der Waals surface area contributed by atoms with Crippen LogP contribution in [0.3, 0.4) is 0 Å². The highest BCUT2D eigenvalue weighted by Crippen LogP contribution is 2.33. The van der Waals surface area contributed by atoms with Crippen molar-refractivity contribution in [2.45, 2.75) is 17.5 Å². The Hall–Kier alpha value is -2.37. The number of furan rings is 1. The summed E-state index contributed by atoms with van der Waals surface area (Å²) in [6.07, 6.45) is -3.10. The number of aromatic nitrogens is 3. The Bertz CT molecular complexity index is 1030. The molecular weight excluding hydrogens is 409 g/mol. The van der Waals surface area contributed by atoms with Crippen molar-refractivity contribution in [1.29, 1.82) is 0 Å². The molecular formula is C15H12ClF3N4O3S. The maximum absolute atomic E-state index is 12.8. The largest absolute Gasteiger partial charge is 0.461 e. The molecule has 0 fully saturated rings. The smallest absolute Gasteiger partial charge is 0.416 e. The maximum atomic E-state index is 12.8. The number of H-pyrrole nitrogens is 1. The fourth-order valence-electron chi connectivity index (χ4n) is 2.19. The van der Waals surface area contributed by atoms with Gasteiger partial charge in [0.15, 0.2) is 5.76 Å². The number of aromatic amines is 1. The topological polar surface area (TPSA) is 101 Å². The molecule has 7 nitrogen and oxygen atoms in total. The Balaban J connectivity index is 1.69. The molecule has 1 aromatic carbocycles. The van der Waals surface area contributed by atoms with Gasteiger partial charge in [0.2, 0.25) is 15.8 Å². The molecule has 0 radical (unpaired) electrons. The molecule has 3 aromatic rings. The first-order valence-electron chi connectivity index (χ1n) is 7.48. The van der Waals surface area contributed by atoms with Crippen LogP contribution >= 0.6 is 11.6 Å². The quantitative estimate of drug-likeness (QED) is 0.637. The Labute approximate surface area is 156 Å². The molecule has 0 atom stereocenters. The molecule has 0 spiro atoms. The third-order valence-corrected chi connectivity index (χ3v) is 5.42. The monoisotopic (exact) mass is 420 g/mol. The second-order valence-electron chi connectivity index (χ2n) is 5.37. The van der Waals surface area contributed by atoms with Gasteiger partial charge in [-0.3, -0.25) is 5.10 Å². The average Bonchev–Trinajstić information content (AvgIpc) is 3.25. The molecule has 2 N–H and O–H groups in total. The van der Waals surface area contributed by atoms with Crippen LogP contribution in [0, 0.1) is 0 Å². The van der Waals surface area contributed by atoms with Crippen molar-refractivity contribution >= 4 is 21.6 Å². The summed E-state index contributed by atoms with van der Waals surface area (Å²) in [6, 6.07) is 5.43. The number of alkyl halides is 3. The van der Waals surface area contributed by atoms with Crippen LogP contribution in [-0.2, 0) is 22.6 Å². The van der Waals surface area contributed by atoms with E-state index in [4.69, 9.17) is 16.0 Å². The van der Waals surface area contributed by atoms with Crippen molar-refractivity contribution in [1.82, 2.24) is 19.9 Å². The molecule has 0 saturated carbocycles. The van der Waals surface area contributed by atoms with Gasteiger partial charge in [-0.2, -0.15) is 18.3 Å². The molecule has 0 bridgehead atoms. The molecule has 3 rings (SSSR count). The predicted octanol–water partition coefficient (Wildman–Crippen LogP) is 3.26. The first kappa shape index (κ1) is 19.4. The summed E-state index contributed by atoms with van der Waals surface area (Å²) in [5, 5.41) is 6.25. The van der Waals surface area contributed by atoms with E-state index < -0.39 is 26.7 Å². The van der Waals surface area contributed by atoms with Crippen LogP contribution in [0.15, 0.2) is 45.9 Å². The summed E-state index contributed by atoms with van der Waals surface area (Å²) in [4.78, 5) is 3.49. The van der Waals surface area contributed by atoms with Crippen LogP contribution in [0.1, 0.15) is 11.4 Å². The Kier molecular flexibility index (Phi) is 5.27. The van der Waals surface area contributed by atoms with Crippen LogP contribution in [0.5, 0.6) is 0 Å². The SMILES string of the molecule is O=S(=O)(NCCc1nc(-c2ccco2)n[nH]1)c1cc(C(F)(F)F)ccc1Cl. The number of nitrogens with one attached hydrogen (secondary N) is 2. The van der Waals surface area contributed by atoms with Crippen LogP contribution in [0.25, 0.3) is 11.6 Å². The van der Waals surface area contributed by atoms with Crippen molar-refractivity contribution in [3.63, 3.8) is 0 Å². The van der Waals surface area contributed by atoms with Gasteiger partial charge in [0.25, 0.3) is 0 Å². The molecule has 0 aliphatic heterocycles. The van der Waals surface area contributed by atoms with E-state index in [9.17, 15) is 21.6 Å². The second-order valence-corrected chi connectivity index (χ2v) is 7.52. The summed E-state index contributed by atoms with van der Waals surface area (Å²) in [5.74, 6) is 1.12. The number of hydrogen-bond donors (Lipinski definition) is 2. The number of benzene rings is 1. The average molecular weight is 421 g/mol. The zero-order valence-corrected chi connectivity index (χ0v) is 15.0. The Morgan fingerprint density at radius 1 is 1.26 bits per heavy atom. The first-order valence-corrected chi connectivity index (χ1v) is 9.34. The van der Waals surface area contributed by atoms with Gasteiger partial charge in [-0.25, -0.2) is 18.1 Å². The fraction of sp³-hybridized carbons (Fsp3) is 0.200. The molecule has 0 aliphatic rings. The standard InChI is InChI=1S/C15H12ClF3N4O3S/c16-10-4-3-9(15(17,18)19)8-12(10)27(24,25)20-6-5-13-21-14(23-22-13)11-2-1-7-26-11/h1-4,7-8,20H,5-6H2,(H,21,22,23). The van der Waals surface area contributed by atoms with Crippen LogP contribution in [0.2, 0.25) is 5.02 Å². The van der Waals surface area contributed by atoms with Gasteiger partial charge in [-0.15, -0.1) is 0 Å². The minimum Gasteiger partial charge on any atom is -0.461 e. The third-order valence-electron chi connectivity index (χ3n) is 3.48. The van der Waals surface area contributed by atoms with Crippen LogP contribution in [-0.4, -0.2) is 30.1 Å². The van der Waals surface area contributed by atoms with Gasteiger partial charge in [-0.1, -0.05) is 11.6 Å². The molecule has 0 saturated heterocycles. The van der Waals surface area contributed by atoms with Crippen molar-refractivity contribution in [2.75, 3.05) is 6.54 Å². The van der Waals surface area contributed by atoms with Gasteiger partial charge in [0.1, 0.15) is 10.7 Å². The summed E-state index contributed by atoms with van der Waals surface area (Å²) in [6.45, 7) is -0.123. The second kappa shape index (κ2) is 7.33. The lowest BCUT2D eigenvalue weighted by Gasteiger charge is -2.11. The van der Waals surface area contributed by atoms with Gasteiger partial charge >= 0.3 is 6.18 Å². The summed E-state index contributed by atoms with van der Waals surface area (Å²) in [5.41, 5.74) is -1.11. The van der Waals surface area contributed by atoms with Gasteiger partial charge in [-0.05, 0) is 30.3 Å². The number of halogens is 4. The highest BCUT2D eigenvalue weighted by molar-refractivity contribution is 7.89. The molecule has 2 heterocycles. The molecule has 27 heavy (non-hydrogen) atoms. The zero-order valence-electron chi connectivity index (χ0n) is 13.4. The summed E-state index contributed by atoms with van der Waals surface area (Å²) in [7, 11) is -4.24. The van der Waals surface area contributed by atoms with Crippen LogP contribution < -0.4 is 4.72 Å². The predicted molar refractivity (Wildman–Crippen MR) is 89.4 cm³/mol. The van der Waals surface area contributed by atoms with E-state index >= 15 is 0 Å². The zero-order chi connectivity index (χ0) is 19.7. The van der Waals surface area contributed by atoms with E-state index in [1.165, 1.54) is 6.26 Å². The maximum Gasteiger partial charge on any atom is 0.416 e. The van der Waals surface area contributed by atoms with E-state index in [0.29, 0.717) is 29.5 Å². The highest BCUT2D eigenvalue weighted by atomic mass is 35.5. The van der Waals surface area contributed by atoms with Gasteiger partial charge < -0.3 is 4.42 Å². The van der Waals surface area contributed by atoms with E-state index in [0.717, 1.165) is 6.07 Å². The summed E-state index contributed by atoms with van der Waals surface area (Å²) >= 11 is 5.76. The lowest BCUT2D eigenvalue weighted by atomic mass is 10.2. The third kappa shape index (κ3) is 4.49. The van der Waals surface area contributed by atoms with Crippen molar-refractivity contribution in [3.05, 3.63) is 53.0 Å². The number of sulfonamides is 1. The Morgan fingerprint density at radius 2 is 2.04 bits per heavy atom. The van der Waals surface area contributed by atoms with Crippen molar-refractivity contribution in [3.8, 4) is 11.6 Å². The van der Waals surface area contributed by atoms with Crippen LogP contribution in [0.4, 0.5) is 13.2 Å². The number of hydrogen-bond acceptors (Lipinski definition) is 5. The normalized spacial score (nSPS) is 12.4. The number of rotatable bonds is 6. The summed E-state index contributed by atoms with van der Waals surface area (Å²) < 4.78 is 70.3. The molecule has 12 heteroatoms. The van der Waals surface area contributed by atoms with E-state index in [-0.39, 0.29) is 18.0 Å². The first-order chi connectivity index (χ1) is 12.7. The minimum absolute atomic E-state index is 0.123.